The van der Waals surface area contributed by atoms with Gasteiger partial charge in [-0.05, 0) is 30.5 Å². The number of benzene rings is 1. The van der Waals surface area contributed by atoms with Crippen LogP contribution in [0, 0.1) is 0 Å². The summed E-state index contributed by atoms with van der Waals surface area (Å²) >= 11 is 12.3. The van der Waals surface area contributed by atoms with Gasteiger partial charge in [-0.15, -0.1) is 10.2 Å². The Hall–Kier alpha value is -2.23. The van der Waals surface area contributed by atoms with Crippen LogP contribution < -0.4 is 0 Å². The highest BCUT2D eigenvalue weighted by molar-refractivity contribution is 6.42. The topological polar surface area (TPSA) is 121 Å². The van der Waals surface area contributed by atoms with Crippen LogP contribution in [0.15, 0.2) is 18.2 Å². The summed E-state index contributed by atoms with van der Waals surface area (Å²) in [6, 6.07) is 5.53. The minimum atomic E-state index is -0.548. The van der Waals surface area contributed by atoms with E-state index >= 15 is 0 Å². The Balaban J connectivity index is 0.000000755. The number of H-pyrrole nitrogens is 1. The van der Waals surface area contributed by atoms with E-state index in [1.165, 1.54) is 0 Å². The molecule has 2 aliphatic rings. The minimum Gasteiger partial charge on any atom is -0.483 e. The number of rotatable bonds is 3. The molecule has 2 aromatic rings. The fraction of sp³-hybridized carbons (Fsp3) is 0.500. The average Bonchev–Trinajstić information content (AvgIpc) is 3.43. The molecule has 9 nitrogen and oxygen atoms in total. The Morgan fingerprint density at radius 3 is 2.66 bits per heavy atom. The van der Waals surface area contributed by atoms with E-state index in [0.717, 1.165) is 31.2 Å². The molecule has 1 aliphatic carbocycles. The number of amides is 1. The number of aromatic amines is 1. The summed E-state index contributed by atoms with van der Waals surface area (Å²) in [6.45, 7) is 1.17. The van der Waals surface area contributed by atoms with Crippen molar-refractivity contribution in [3.8, 4) is 0 Å². The zero-order valence-corrected chi connectivity index (χ0v) is 17.1. The molecule has 2 heterocycles. The molecular weight excluding hydrogens is 421 g/mol. The van der Waals surface area contributed by atoms with Crippen molar-refractivity contribution in [1.82, 2.24) is 25.5 Å². The lowest BCUT2D eigenvalue weighted by molar-refractivity contribution is -0.145. The van der Waals surface area contributed by atoms with Crippen LogP contribution >= 0.6 is 23.2 Å². The van der Waals surface area contributed by atoms with Gasteiger partial charge in [0, 0.05) is 6.54 Å². The molecule has 1 amide bonds. The highest BCUT2D eigenvalue weighted by Crippen LogP contribution is 2.44. The Labute approximate surface area is 177 Å². The number of carbonyl (C=O) groups is 2. The molecule has 1 saturated carbocycles. The fourth-order valence-electron chi connectivity index (χ4n) is 4.00. The minimum absolute atomic E-state index is 0.116. The molecular formula is C18H21Cl2N5O4. The van der Waals surface area contributed by atoms with Crippen LogP contribution in [0.4, 0.5) is 0 Å². The summed E-state index contributed by atoms with van der Waals surface area (Å²) in [5, 5.41) is 21.8. The number of halogens is 2. The molecule has 156 valence electrons. The maximum Gasteiger partial charge on any atom is 0.290 e. The van der Waals surface area contributed by atoms with E-state index in [9.17, 15) is 4.79 Å². The molecule has 2 fully saturated rings. The van der Waals surface area contributed by atoms with Crippen LogP contribution in [0.25, 0.3) is 0 Å². The molecule has 1 saturated heterocycles. The predicted molar refractivity (Wildman–Crippen MR) is 105 cm³/mol. The summed E-state index contributed by atoms with van der Waals surface area (Å²) in [7, 11) is 0. The summed E-state index contributed by atoms with van der Waals surface area (Å²) in [6.07, 6.45) is 3.30. The predicted octanol–water partition coefficient (Wildman–Crippen LogP) is 2.62. The molecule has 1 atom stereocenters. The first kappa shape index (κ1) is 21.5. The van der Waals surface area contributed by atoms with Gasteiger partial charge in [0.15, 0.2) is 0 Å². The lowest BCUT2D eigenvalue weighted by atomic mass is 9.77. The maximum absolute atomic E-state index is 13.6. The number of carboxylic acid groups (broad SMARTS) is 1. The molecule has 0 spiro atoms. The van der Waals surface area contributed by atoms with E-state index in [2.05, 4.69) is 20.6 Å². The zero-order chi connectivity index (χ0) is 20.9. The highest BCUT2D eigenvalue weighted by atomic mass is 35.5. The fourth-order valence-corrected chi connectivity index (χ4v) is 4.30. The molecule has 1 aliphatic heterocycles. The molecule has 0 radical (unpaired) electrons. The van der Waals surface area contributed by atoms with E-state index in [1.54, 1.807) is 6.07 Å². The highest BCUT2D eigenvalue weighted by Gasteiger charge is 2.46. The number of tetrazole rings is 1. The smallest absolute Gasteiger partial charge is 0.290 e. The maximum atomic E-state index is 13.6. The first-order chi connectivity index (χ1) is 14.0. The largest absolute Gasteiger partial charge is 0.483 e. The Kier molecular flexibility index (Phi) is 7.05. The van der Waals surface area contributed by atoms with Crippen molar-refractivity contribution in [1.29, 1.82) is 0 Å². The summed E-state index contributed by atoms with van der Waals surface area (Å²) < 4.78 is 5.72. The summed E-state index contributed by atoms with van der Waals surface area (Å²) in [5.41, 5.74) is 0.393. The van der Waals surface area contributed by atoms with Crippen LogP contribution in [0.1, 0.15) is 43.2 Å². The molecule has 0 bridgehead atoms. The third-order valence-corrected chi connectivity index (χ3v) is 6.08. The number of aromatic nitrogens is 4. The first-order valence-electron chi connectivity index (χ1n) is 9.19. The van der Waals surface area contributed by atoms with Crippen molar-refractivity contribution in [2.24, 2.45) is 0 Å². The number of hydrogen-bond donors (Lipinski definition) is 2. The Morgan fingerprint density at radius 1 is 1.31 bits per heavy atom. The van der Waals surface area contributed by atoms with Crippen molar-refractivity contribution in [3.63, 3.8) is 0 Å². The van der Waals surface area contributed by atoms with Gasteiger partial charge < -0.3 is 14.7 Å². The van der Waals surface area contributed by atoms with Gasteiger partial charge in [-0.25, -0.2) is 0 Å². The van der Waals surface area contributed by atoms with E-state index in [0.29, 0.717) is 35.6 Å². The zero-order valence-electron chi connectivity index (χ0n) is 15.6. The van der Waals surface area contributed by atoms with Gasteiger partial charge in [-0.3, -0.25) is 9.59 Å². The quantitative estimate of drug-likeness (QED) is 0.701. The number of nitrogens with zero attached hydrogens (tertiary/aromatic N) is 4. The van der Waals surface area contributed by atoms with Crippen LogP contribution in [0.5, 0.6) is 0 Å². The Morgan fingerprint density at radius 2 is 2.03 bits per heavy atom. The van der Waals surface area contributed by atoms with Gasteiger partial charge >= 0.3 is 0 Å². The molecule has 1 aromatic carbocycles. The number of ether oxygens (including phenoxy) is 1. The number of carbonyl (C=O) groups excluding carboxylic acids is 1. The number of nitrogens with one attached hydrogen (secondary N) is 1. The molecule has 29 heavy (non-hydrogen) atoms. The molecule has 1 unspecified atom stereocenters. The summed E-state index contributed by atoms with van der Waals surface area (Å²) in [5.74, 6) is 0.586. The third-order valence-electron chi connectivity index (χ3n) is 5.34. The van der Waals surface area contributed by atoms with Crippen molar-refractivity contribution in [3.05, 3.63) is 39.6 Å². The van der Waals surface area contributed by atoms with Crippen LogP contribution in [0.3, 0.4) is 0 Å². The normalized spacial score (nSPS) is 20.6. The second-order valence-corrected chi connectivity index (χ2v) is 7.72. The van der Waals surface area contributed by atoms with Gasteiger partial charge in [0.2, 0.25) is 11.7 Å². The lowest BCUT2D eigenvalue weighted by Crippen LogP contribution is -2.50. The standard InChI is InChI=1S/C17H19Cl2N5O2.CH2O2/c18-12-4-3-11(9-13(12)19)17(5-1-2-6-17)16(25)24-7-8-26-14(10-24)15-20-22-23-21-15;2-1-3/h3-4,9,14H,1-2,5-8,10H2,(H,20,21,22,23);1H,(H,2,3). The van der Waals surface area contributed by atoms with Crippen LogP contribution in [-0.2, 0) is 19.7 Å². The monoisotopic (exact) mass is 441 g/mol. The molecule has 4 rings (SSSR count). The van der Waals surface area contributed by atoms with Crippen molar-refractivity contribution >= 4 is 35.6 Å². The van der Waals surface area contributed by atoms with Crippen molar-refractivity contribution < 1.29 is 19.4 Å². The van der Waals surface area contributed by atoms with Crippen molar-refractivity contribution in [2.45, 2.75) is 37.2 Å². The van der Waals surface area contributed by atoms with Gasteiger partial charge in [-0.2, -0.15) is 5.21 Å². The number of morpholine rings is 1. The van der Waals surface area contributed by atoms with Gasteiger partial charge in [0.05, 0.1) is 28.6 Å². The average molecular weight is 442 g/mol. The van der Waals surface area contributed by atoms with E-state index < -0.39 is 5.41 Å². The van der Waals surface area contributed by atoms with Gasteiger partial charge in [0.1, 0.15) is 6.10 Å². The molecule has 1 aromatic heterocycles. The first-order valence-corrected chi connectivity index (χ1v) is 9.95. The second kappa shape index (κ2) is 9.51. The molecule has 11 heteroatoms. The van der Waals surface area contributed by atoms with Gasteiger partial charge in [-0.1, -0.05) is 47.3 Å². The van der Waals surface area contributed by atoms with Crippen molar-refractivity contribution in [2.75, 3.05) is 19.7 Å². The van der Waals surface area contributed by atoms with E-state index in [-0.39, 0.29) is 18.5 Å². The van der Waals surface area contributed by atoms with Crippen LogP contribution in [-0.4, -0.2) is 62.7 Å². The Bertz CT molecular complexity index is 843. The third kappa shape index (κ3) is 4.52. The number of hydrogen-bond acceptors (Lipinski definition) is 6. The second-order valence-electron chi connectivity index (χ2n) is 6.90. The molecule has 2 N–H and O–H groups in total. The van der Waals surface area contributed by atoms with Gasteiger partial charge in [0.25, 0.3) is 6.47 Å². The lowest BCUT2D eigenvalue weighted by Gasteiger charge is -2.38. The summed E-state index contributed by atoms with van der Waals surface area (Å²) in [4.78, 5) is 23.8. The van der Waals surface area contributed by atoms with E-state index in [1.807, 2.05) is 17.0 Å². The van der Waals surface area contributed by atoms with Crippen LogP contribution in [0.2, 0.25) is 10.0 Å². The SMILES string of the molecule is O=C(N1CCOC(c2nn[nH]n2)C1)C1(c2ccc(Cl)c(Cl)c2)CCCC1.O=CO. The van der Waals surface area contributed by atoms with E-state index in [4.69, 9.17) is 37.8 Å².